The number of rotatable bonds is 3. The van der Waals surface area contributed by atoms with Crippen LogP contribution in [0.4, 0.5) is 5.69 Å². The van der Waals surface area contributed by atoms with Crippen molar-refractivity contribution in [2.24, 2.45) is 0 Å². The smallest absolute Gasteiger partial charge is 0.377 e. The Morgan fingerprint density at radius 1 is 1.47 bits per heavy atom. The van der Waals surface area contributed by atoms with E-state index < -0.39 is 5.97 Å². The van der Waals surface area contributed by atoms with Crippen molar-refractivity contribution in [2.45, 2.75) is 6.92 Å². The standard InChI is InChI=1S/C12H12N2O3/c1-2-16-12(15)11-7-10(14-17-11)8-4-3-5-9(13)6-8/h3-7H,2,13H2,1H3. The Hall–Kier alpha value is -2.30. The van der Waals surface area contributed by atoms with Gasteiger partial charge in [0.25, 0.3) is 0 Å². The molecule has 0 aliphatic carbocycles. The molecule has 0 saturated heterocycles. The van der Waals surface area contributed by atoms with Crippen LogP contribution < -0.4 is 5.73 Å². The molecule has 2 rings (SSSR count). The van der Waals surface area contributed by atoms with Crippen molar-refractivity contribution >= 4 is 11.7 Å². The molecule has 0 atom stereocenters. The quantitative estimate of drug-likeness (QED) is 0.647. The normalized spacial score (nSPS) is 10.2. The van der Waals surface area contributed by atoms with Crippen molar-refractivity contribution in [3.05, 3.63) is 36.1 Å². The van der Waals surface area contributed by atoms with Crippen molar-refractivity contribution in [2.75, 3.05) is 12.3 Å². The Morgan fingerprint density at radius 3 is 3.00 bits per heavy atom. The molecule has 0 bridgehead atoms. The Bertz CT molecular complexity index is 534. The van der Waals surface area contributed by atoms with Gasteiger partial charge in [-0.3, -0.25) is 0 Å². The van der Waals surface area contributed by atoms with Crippen LogP contribution in [0.25, 0.3) is 11.3 Å². The van der Waals surface area contributed by atoms with Gasteiger partial charge in [-0.15, -0.1) is 0 Å². The highest BCUT2D eigenvalue weighted by atomic mass is 16.6. The minimum Gasteiger partial charge on any atom is -0.460 e. The lowest BCUT2D eigenvalue weighted by molar-refractivity contribution is 0.0480. The molecule has 2 N–H and O–H groups in total. The van der Waals surface area contributed by atoms with Gasteiger partial charge in [-0.2, -0.15) is 0 Å². The van der Waals surface area contributed by atoms with Gasteiger partial charge in [-0.05, 0) is 19.1 Å². The Morgan fingerprint density at radius 2 is 2.29 bits per heavy atom. The summed E-state index contributed by atoms with van der Waals surface area (Å²) in [6.45, 7) is 2.03. The van der Waals surface area contributed by atoms with Gasteiger partial charge >= 0.3 is 5.97 Å². The summed E-state index contributed by atoms with van der Waals surface area (Å²) in [5, 5.41) is 3.80. The molecule has 1 heterocycles. The number of carbonyl (C=O) groups is 1. The largest absolute Gasteiger partial charge is 0.460 e. The molecule has 0 saturated carbocycles. The first-order valence-electron chi connectivity index (χ1n) is 5.20. The number of nitrogen functional groups attached to an aromatic ring is 1. The molecule has 0 aliphatic rings. The number of ether oxygens (including phenoxy) is 1. The van der Waals surface area contributed by atoms with Gasteiger partial charge < -0.3 is 15.0 Å². The van der Waals surface area contributed by atoms with E-state index in [4.69, 9.17) is 15.0 Å². The van der Waals surface area contributed by atoms with Gasteiger partial charge in [0.15, 0.2) is 0 Å². The zero-order valence-corrected chi connectivity index (χ0v) is 9.34. The maximum atomic E-state index is 11.4. The first-order valence-corrected chi connectivity index (χ1v) is 5.20. The van der Waals surface area contributed by atoms with Crippen LogP contribution in [0.15, 0.2) is 34.9 Å². The second-order valence-electron chi connectivity index (χ2n) is 3.42. The number of aromatic nitrogens is 1. The average Bonchev–Trinajstić information content (AvgIpc) is 2.78. The number of nitrogens with two attached hydrogens (primary N) is 1. The summed E-state index contributed by atoms with van der Waals surface area (Å²) in [6, 6.07) is 8.71. The van der Waals surface area contributed by atoms with E-state index in [9.17, 15) is 4.79 Å². The zero-order chi connectivity index (χ0) is 12.3. The monoisotopic (exact) mass is 232 g/mol. The lowest BCUT2D eigenvalue weighted by Gasteiger charge is -1.96. The van der Waals surface area contributed by atoms with Gasteiger partial charge in [0, 0.05) is 17.3 Å². The van der Waals surface area contributed by atoms with E-state index in [0.29, 0.717) is 18.0 Å². The summed E-state index contributed by atoms with van der Waals surface area (Å²) in [7, 11) is 0. The molecule has 0 aliphatic heterocycles. The molecule has 17 heavy (non-hydrogen) atoms. The molecule has 0 fully saturated rings. The van der Waals surface area contributed by atoms with Crippen LogP contribution in [0.2, 0.25) is 0 Å². The van der Waals surface area contributed by atoms with Crippen molar-refractivity contribution in [3.63, 3.8) is 0 Å². The van der Waals surface area contributed by atoms with Crippen LogP contribution >= 0.6 is 0 Å². The van der Waals surface area contributed by atoms with Gasteiger partial charge in [0.2, 0.25) is 5.76 Å². The van der Waals surface area contributed by atoms with Crippen molar-refractivity contribution in [1.82, 2.24) is 5.16 Å². The van der Waals surface area contributed by atoms with Crippen LogP contribution in [0.1, 0.15) is 17.5 Å². The predicted molar refractivity (Wildman–Crippen MR) is 62.3 cm³/mol. The van der Waals surface area contributed by atoms with Crippen LogP contribution in [-0.4, -0.2) is 17.7 Å². The van der Waals surface area contributed by atoms with E-state index in [1.54, 1.807) is 19.1 Å². The minimum atomic E-state index is -0.518. The maximum Gasteiger partial charge on any atom is 0.377 e. The third-order valence-corrected chi connectivity index (χ3v) is 2.17. The van der Waals surface area contributed by atoms with E-state index in [2.05, 4.69) is 5.16 Å². The fraction of sp³-hybridized carbons (Fsp3) is 0.167. The number of nitrogens with zero attached hydrogens (tertiary/aromatic N) is 1. The van der Waals surface area contributed by atoms with Crippen LogP contribution in [0.5, 0.6) is 0 Å². The second-order valence-corrected chi connectivity index (χ2v) is 3.42. The number of hydrogen-bond donors (Lipinski definition) is 1. The Balaban J connectivity index is 2.27. The zero-order valence-electron chi connectivity index (χ0n) is 9.34. The highest BCUT2D eigenvalue weighted by Gasteiger charge is 2.14. The summed E-state index contributed by atoms with van der Waals surface area (Å²) in [5.74, 6) is -0.431. The third-order valence-electron chi connectivity index (χ3n) is 2.17. The second kappa shape index (κ2) is 4.69. The van der Waals surface area contributed by atoms with E-state index in [1.165, 1.54) is 6.07 Å². The topological polar surface area (TPSA) is 78.4 Å². The van der Waals surface area contributed by atoms with Gasteiger partial charge in [0.1, 0.15) is 5.69 Å². The van der Waals surface area contributed by atoms with Crippen molar-refractivity contribution in [1.29, 1.82) is 0 Å². The SMILES string of the molecule is CCOC(=O)c1cc(-c2cccc(N)c2)no1. The molecular weight excluding hydrogens is 220 g/mol. The van der Waals surface area contributed by atoms with E-state index in [1.807, 2.05) is 12.1 Å². The van der Waals surface area contributed by atoms with Crippen molar-refractivity contribution in [3.8, 4) is 11.3 Å². The molecule has 1 aromatic carbocycles. The van der Waals surface area contributed by atoms with E-state index in [-0.39, 0.29) is 5.76 Å². The maximum absolute atomic E-state index is 11.4. The minimum absolute atomic E-state index is 0.0873. The third kappa shape index (κ3) is 2.44. The fourth-order valence-electron chi connectivity index (χ4n) is 1.41. The summed E-state index contributed by atoms with van der Waals surface area (Å²) in [4.78, 5) is 11.4. The molecule has 5 nitrogen and oxygen atoms in total. The highest BCUT2D eigenvalue weighted by Crippen LogP contribution is 2.21. The van der Waals surface area contributed by atoms with Crippen molar-refractivity contribution < 1.29 is 14.1 Å². The molecular formula is C12H12N2O3. The molecule has 5 heteroatoms. The van der Waals surface area contributed by atoms with Crippen LogP contribution in [-0.2, 0) is 4.74 Å². The summed E-state index contributed by atoms with van der Waals surface area (Å²) < 4.78 is 9.71. The summed E-state index contributed by atoms with van der Waals surface area (Å²) in [5.41, 5.74) is 7.64. The molecule has 0 unspecified atom stereocenters. The van der Waals surface area contributed by atoms with Crippen LogP contribution in [0.3, 0.4) is 0 Å². The van der Waals surface area contributed by atoms with Crippen LogP contribution in [0, 0.1) is 0 Å². The average molecular weight is 232 g/mol. The van der Waals surface area contributed by atoms with Gasteiger partial charge in [-0.1, -0.05) is 17.3 Å². The predicted octanol–water partition coefficient (Wildman–Crippen LogP) is 2.10. The highest BCUT2D eigenvalue weighted by molar-refractivity contribution is 5.87. The molecule has 1 aromatic heterocycles. The molecule has 88 valence electrons. The summed E-state index contributed by atoms with van der Waals surface area (Å²) >= 11 is 0. The lowest BCUT2D eigenvalue weighted by Crippen LogP contribution is -2.02. The first-order chi connectivity index (χ1) is 8.20. The molecule has 0 spiro atoms. The van der Waals surface area contributed by atoms with Gasteiger partial charge in [-0.25, -0.2) is 4.79 Å². The lowest BCUT2D eigenvalue weighted by atomic mass is 10.1. The summed E-state index contributed by atoms with van der Waals surface area (Å²) in [6.07, 6.45) is 0. The van der Waals surface area contributed by atoms with E-state index >= 15 is 0 Å². The molecule has 2 aromatic rings. The van der Waals surface area contributed by atoms with Gasteiger partial charge in [0.05, 0.1) is 6.61 Å². The number of carbonyl (C=O) groups excluding carboxylic acids is 1. The Labute approximate surface area is 98.2 Å². The van der Waals surface area contributed by atoms with E-state index in [0.717, 1.165) is 5.56 Å². The number of esters is 1. The first kappa shape index (κ1) is 11.2. The Kier molecular flexibility index (Phi) is 3.09. The molecule has 0 amide bonds. The number of anilines is 1. The molecule has 0 radical (unpaired) electrons. The number of benzene rings is 1. The fourth-order valence-corrected chi connectivity index (χ4v) is 1.41. The number of hydrogen-bond acceptors (Lipinski definition) is 5.